The summed E-state index contributed by atoms with van der Waals surface area (Å²) in [6.07, 6.45) is 0. The fourth-order valence-electron chi connectivity index (χ4n) is 2.89. The predicted octanol–water partition coefficient (Wildman–Crippen LogP) is 5.35. The van der Waals surface area contributed by atoms with Crippen LogP contribution >= 0.6 is 15.9 Å². The minimum absolute atomic E-state index is 0.884. The van der Waals surface area contributed by atoms with Gasteiger partial charge >= 0.3 is 0 Å². The van der Waals surface area contributed by atoms with Crippen LogP contribution in [0.1, 0.15) is 0 Å². The van der Waals surface area contributed by atoms with E-state index in [1.807, 2.05) is 48.5 Å². The number of aromatic nitrogens is 2. The molecule has 0 spiro atoms. The molecule has 0 unspecified atom stereocenters. The van der Waals surface area contributed by atoms with Crippen LogP contribution in [0.4, 0.5) is 22.7 Å². The molecule has 0 amide bonds. The zero-order chi connectivity index (χ0) is 15.4. The molecule has 4 aromatic rings. The molecule has 0 fully saturated rings. The molecule has 4 nitrogen and oxygen atoms in total. The Hall–Kier alpha value is -2.66. The van der Waals surface area contributed by atoms with Crippen molar-refractivity contribution >= 4 is 60.7 Å². The topological polar surface area (TPSA) is 49.8 Å². The van der Waals surface area contributed by atoms with E-state index in [9.17, 15) is 0 Å². The molecule has 2 heterocycles. The van der Waals surface area contributed by atoms with Crippen molar-refractivity contribution in [1.29, 1.82) is 0 Å². The van der Waals surface area contributed by atoms with E-state index in [0.29, 0.717) is 0 Å². The van der Waals surface area contributed by atoms with Crippen LogP contribution in [0.15, 0.2) is 59.1 Å². The minimum atomic E-state index is 0.884. The van der Waals surface area contributed by atoms with Crippen molar-refractivity contribution in [1.82, 2.24) is 9.97 Å². The third-order valence-corrected chi connectivity index (χ3v) is 4.49. The highest BCUT2D eigenvalue weighted by Gasteiger charge is 2.16. The van der Waals surface area contributed by atoms with Gasteiger partial charge in [-0.3, -0.25) is 0 Å². The van der Waals surface area contributed by atoms with Gasteiger partial charge in [0, 0.05) is 4.47 Å². The van der Waals surface area contributed by atoms with Crippen molar-refractivity contribution in [3.63, 3.8) is 0 Å². The summed E-state index contributed by atoms with van der Waals surface area (Å²) in [5, 5.41) is 6.92. The standard InChI is InChI=1S/C18H11BrN4/c19-10-5-6-13-14(7-10)23-18-9-16-15(8-17(18)22-13)20-11-3-1-2-4-12(11)21-16/h1-9,22-23H. The number of hydrogen-bond donors (Lipinski definition) is 2. The second-order valence-corrected chi connectivity index (χ2v) is 6.45. The van der Waals surface area contributed by atoms with Gasteiger partial charge in [-0.25, -0.2) is 9.97 Å². The molecule has 0 radical (unpaired) electrons. The van der Waals surface area contributed by atoms with Crippen molar-refractivity contribution in [2.45, 2.75) is 0 Å². The normalized spacial score (nSPS) is 12.4. The molecule has 5 heteroatoms. The highest BCUT2D eigenvalue weighted by molar-refractivity contribution is 9.10. The molecule has 1 aromatic heterocycles. The molecule has 0 bridgehead atoms. The predicted molar refractivity (Wildman–Crippen MR) is 97.8 cm³/mol. The van der Waals surface area contributed by atoms with E-state index in [4.69, 9.17) is 9.97 Å². The van der Waals surface area contributed by atoms with Crippen LogP contribution in [0, 0.1) is 0 Å². The molecular formula is C18H11BrN4. The lowest BCUT2D eigenvalue weighted by molar-refractivity contribution is 1.38. The Morgan fingerprint density at radius 2 is 1.17 bits per heavy atom. The molecule has 0 saturated carbocycles. The highest BCUT2D eigenvalue weighted by Crippen LogP contribution is 2.41. The van der Waals surface area contributed by atoms with Gasteiger partial charge in [-0.2, -0.15) is 0 Å². The molecule has 3 aromatic carbocycles. The Morgan fingerprint density at radius 3 is 1.83 bits per heavy atom. The van der Waals surface area contributed by atoms with Gasteiger partial charge in [-0.05, 0) is 42.5 Å². The van der Waals surface area contributed by atoms with Gasteiger partial charge in [0.25, 0.3) is 0 Å². The molecule has 23 heavy (non-hydrogen) atoms. The first-order valence-electron chi connectivity index (χ1n) is 7.30. The van der Waals surface area contributed by atoms with Crippen LogP contribution in [-0.2, 0) is 0 Å². The summed E-state index contributed by atoms with van der Waals surface area (Å²) >= 11 is 3.51. The molecule has 110 valence electrons. The first kappa shape index (κ1) is 12.8. The smallest absolute Gasteiger partial charge is 0.0916 e. The van der Waals surface area contributed by atoms with Crippen molar-refractivity contribution in [2.75, 3.05) is 10.6 Å². The molecule has 1 aliphatic rings. The summed E-state index contributed by atoms with van der Waals surface area (Å²) in [4.78, 5) is 9.44. The van der Waals surface area contributed by atoms with Gasteiger partial charge in [0.2, 0.25) is 0 Å². The van der Waals surface area contributed by atoms with E-state index < -0.39 is 0 Å². The van der Waals surface area contributed by atoms with E-state index >= 15 is 0 Å². The summed E-state index contributed by atoms with van der Waals surface area (Å²) in [7, 11) is 0. The fraction of sp³-hybridized carbons (Fsp3) is 0. The Labute approximate surface area is 140 Å². The van der Waals surface area contributed by atoms with Gasteiger partial charge < -0.3 is 10.6 Å². The summed E-state index contributed by atoms with van der Waals surface area (Å²) < 4.78 is 1.04. The number of nitrogens with zero attached hydrogens (tertiary/aromatic N) is 2. The lowest BCUT2D eigenvalue weighted by Gasteiger charge is -2.23. The van der Waals surface area contributed by atoms with Crippen LogP contribution in [-0.4, -0.2) is 9.97 Å². The van der Waals surface area contributed by atoms with Crippen LogP contribution in [0.2, 0.25) is 0 Å². The van der Waals surface area contributed by atoms with E-state index in [-0.39, 0.29) is 0 Å². The third-order valence-electron chi connectivity index (χ3n) is 4.00. The number of hydrogen-bond acceptors (Lipinski definition) is 4. The highest BCUT2D eigenvalue weighted by atomic mass is 79.9. The molecule has 1 aliphatic heterocycles. The average molecular weight is 363 g/mol. The maximum absolute atomic E-state index is 4.72. The number of anilines is 4. The van der Waals surface area contributed by atoms with Gasteiger partial charge in [0.15, 0.2) is 0 Å². The van der Waals surface area contributed by atoms with E-state index in [2.05, 4.69) is 32.6 Å². The largest absolute Gasteiger partial charge is 0.352 e. The van der Waals surface area contributed by atoms with E-state index in [0.717, 1.165) is 49.3 Å². The zero-order valence-electron chi connectivity index (χ0n) is 12.0. The zero-order valence-corrected chi connectivity index (χ0v) is 13.6. The number of benzene rings is 3. The lowest BCUT2D eigenvalue weighted by Crippen LogP contribution is -2.06. The van der Waals surface area contributed by atoms with Crippen LogP contribution in [0.5, 0.6) is 0 Å². The maximum Gasteiger partial charge on any atom is 0.0916 e. The fourth-order valence-corrected chi connectivity index (χ4v) is 3.26. The molecule has 2 N–H and O–H groups in total. The summed E-state index contributed by atoms with van der Waals surface area (Å²) in [5.74, 6) is 0. The number of para-hydroxylation sites is 2. The average Bonchev–Trinajstić information content (AvgIpc) is 2.56. The number of rotatable bonds is 0. The Morgan fingerprint density at radius 1 is 0.609 bits per heavy atom. The van der Waals surface area contributed by atoms with Gasteiger partial charge in [0.1, 0.15) is 0 Å². The maximum atomic E-state index is 4.72. The molecular weight excluding hydrogens is 352 g/mol. The number of halogens is 1. The molecule has 0 atom stereocenters. The summed E-state index contributed by atoms with van der Waals surface area (Å²) in [6, 6.07) is 18.1. The van der Waals surface area contributed by atoms with Crippen LogP contribution < -0.4 is 10.6 Å². The van der Waals surface area contributed by atoms with Crippen LogP contribution in [0.3, 0.4) is 0 Å². The Balaban J connectivity index is 1.72. The molecule has 0 aliphatic carbocycles. The molecule has 0 saturated heterocycles. The molecule has 5 rings (SSSR count). The third kappa shape index (κ3) is 2.04. The number of nitrogens with one attached hydrogen (secondary N) is 2. The minimum Gasteiger partial charge on any atom is -0.352 e. The summed E-state index contributed by atoms with van der Waals surface area (Å²) in [6.45, 7) is 0. The Bertz CT molecular complexity index is 1090. The van der Waals surface area contributed by atoms with Gasteiger partial charge in [-0.15, -0.1) is 0 Å². The van der Waals surface area contributed by atoms with Crippen molar-refractivity contribution in [3.05, 3.63) is 59.1 Å². The summed E-state index contributed by atoms with van der Waals surface area (Å²) in [5.41, 5.74) is 7.70. The second-order valence-electron chi connectivity index (χ2n) is 5.54. The van der Waals surface area contributed by atoms with E-state index in [1.165, 1.54) is 0 Å². The first-order chi connectivity index (χ1) is 11.3. The quantitative estimate of drug-likeness (QED) is 0.364. The van der Waals surface area contributed by atoms with Crippen molar-refractivity contribution in [2.24, 2.45) is 0 Å². The van der Waals surface area contributed by atoms with Crippen molar-refractivity contribution < 1.29 is 0 Å². The van der Waals surface area contributed by atoms with E-state index in [1.54, 1.807) is 0 Å². The van der Waals surface area contributed by atoms with Crippen LogP contribution in [0.25, 0.3) is 22.1 Å². The number of fused-ring (bicyclic) bond motifs is 4. The van der Waals surface area contributed by atoms with Crippen molar-refractivity contribution in [3.8, 4) is 0 Å². The monoisotopic (exact) mass is 362 g/mol. The SMILES string of the molecule is Brc1ccc2c(c1)Nc1cc3nc4ccccc4nc3cc1N2. The Kier molecular flexibility index (Phi) is 2.60. The lowest BCUT2D eigenvalue weighted by atomic mass is 10.1. The second kappa shape index (κ2) is 4.67. The van der Waals surface area contributed by atoms with Gasteiger partial charge in [0.05, 0.1) is 44.8 Å². The van der Waals surface area contributed by atoms with Gasteiger partial charge in [-0.1, -0.05) is 28.1 Å². The first-order valence-corrected chi connectivity index (χ1v) is 8.10.